The van der Waals surface area contributed by atoms with Crippen molar-refractivity contribution in [3.63, 3.8) is 0 Å². The van der Waals surface area contributed by atoms with E-state index in [1.165, 1.54) is 11.3 Å². The van der Waals surface area contributed by atoms with Crippen LogP contribution in [-0.2, 0) is 11.3 Å². The van der Waals surface area contributed by atoms with Crippen molar-refractivity contribution >= 4 is 11.3 Å². The molecule has 0 amide bonds. The molecule has 1 aromatic rings. The zero-order chi connectivity index (χ0) is 13.8. The third-order valence-electron chi connectivity index (χ3n) is 2.23. The summed E-state index contributed by atoms with van der Waals surface area (Å²) in [6.07, 6.45) is -3.02. The molecule has 2 N–H and O–H groups in total. The second-order valence-electron chi connectivity index (χ2n) is 3.74. The Morgan fingerprint density at radius 2 is 2.17 bits per heavy atom. The predicted molar refractivity (Wildman–Crippen MR) is 59.9 cm³/mol. The number of rotatable bonds is 7. The first-order chi connectivity index (χ1) is 8.36. The predicted octanol–water partition coefficient (Wildman–Crippen LogP) is 2.97. The van der Waals surface area contributed by atoms with Gasteiger partial charge < -0.3 is 10.5 Å². The van der Waals surface area contributed by atoms with Crippen molar-refractivity contribution in [2.24, 2.45) is 5.73 Å². The third-order valence-corrected chi connectivity index (χ3v) is 3.07. The molecule has 0 saturated heterocycles. The number of hydrogen-bond donors (Lipinski definition) is 1. The number of thiazole rings is 1. The van der Waals surface area contributed by atoms with Crippen molar-refractivity contribution in [1.82, 2.24) is 4.98 Å². The fourth-order valence-electron chi connectivity index (χ4n) is 1.11. The van der Waals surface area contributed by atoms with Crippen LogP contribution in [0, 0.1) is 0 Å². The highest BCUT2D eigenvalue weighted by molar-refractivity contribution is 7.09. The maximum absolute atomic E-state index is 12.5. The molecule has 8 heteroatoms. The maximum Gasteiger partial charge on any atom is 0.330 e. The lowest BCUT2D eigenvalue weighted by Crippen LogP contribution is -2.32. The zero-order valence-electron chi connectivity index (χ0n) is 9.71. The molecule has 0 bridgehead atoms. The topological polar surface area (TPSA) is 48.1 Å². The Balaban J connectivity index is 2.43. The van der Waals surface area contributed by atoms with Gasteiger partial charge in [0.25, 0.3) is 0 Å². The Bertz CT molecular complexity index is 373. The highest BCUT2D eigenvalue weighted by Crippen LogP contribution is 2.24. The molecule has 18 heavy (non-hydrogen) atoms. The van der Waals surface area contributed by atoms with E-state index in [-0.39, 0.29) is 12.6 Å². The fourth-order valence-corrected chi connectivity index (χ4v) is 1.90. The monoisotopic (exact) mass is 286 g/mol. The van der Waals surface area contributed by atoms with E-state index in [1.807, 2.05) is 6.92 Å². The number of nitrogens with two attached hydrogens (primary N) is 1. The van der Waals surface area contributed by atoms with Gasteiger partial charge in [0.05, 0.1) is 12.3 Å². The van der Waals surface area contributed by atoms with Crippen molar-refractivity contribution in [2.75, 3.05) is 6.61 Å². The first-order valence-electron chi connectivity index (χ1n) is 5.30. The molecule has 1 atom stereocenters. The van der Waals surface area contributed by atoms with Crippen molar-refractivity contribution in [3.8, 4) is 0 Å². The molecule has 104 valence electrons. The Kier molecular flexibility index (Phi) is 5.48. The summed E-state index contributed by atoms with van der Waals surface area (Å²) in [7, 11) is 0. The minimum Gasteiger partial charge on any atom is -0.368 e. The van der Waals surface area contributed by atoms with Crippen LogP contribution in [0.3, 0.4) is 0 Å². The van der Waals surface area contributed by atoms with Crippen LogP contribution in [-0.4, -0.2) is 23.9 Å². The van der Waals surface area contributed by atoms with Gasteiger partial charge in [-0.1, -0.05) is 6.92 Å². The first-order valence-corrected chi connectivity index (χ1v) is 6.18. The molecule has 0 aromatic carbocycles. The molecule has 0 saturated carbocycles. The van der Waals surface area contributed by atoms with Crippen molar-refractivity contribution < 1.29 is 22.3 Å². The average Bonchev–Trinajstić information content (AvgIpc) is 2.76. The largest absolute Gasteiger partial charge is 0.368 e. The van der Waals surface area contributed by atoms with Crippen LogP contribution in [0.25, 0.3) is 0 Å². The summed E-state index contributed by atoms with van der Waals surface area (Å²) in [4.78, 5) is 4.08. The molecule has 0 aliphatic heterocycles. The van der Waals surface area contributed by atoms with E-state index in [9.17, 15) is 17.6 Å². The van der Waals surface area contributed by atoms with Crippen LogP contribution >= 0.6 is 11.3 Å². The molecule has 0 aliphatic carbocycles. The molecule has 3 nitrogen and oxygen atoms in total. The summed E-state index contributed by atoms with van der Waals surface area (Å²) >= 11 is 1.20. The average molecular weight is 286 g/mol. The molecule has 1 aromatic heterocycles. The molecule has 0 aliphatic rings. The van der Waals surface area contributed by atoms with Crippen molar-refractivity contribution in [3.05, 3.63) is 16.1 Å². The Hall–Kier alpha value is -0.730. The summed E-state index contributed by atoms with van der Waals surface area (Å²) in [5.74, 6) is -4.13. The maximum atomic E-state index is 12.5. The summed E-state index contributed by atoms with van der Waals surface area (Å²) < 4.78 is 53.3. The normalized spacial score (nSPS) is 14.2. The molecule has 1 unspecified atom stereocenters. The first kappa shape index (κ1) is 15.3. The van der Waals surface area contributed by atoms with Gasteiger partial charge in [-0.05, 0) is 6.42 Å². The highest BCUT2D eigenvalue weighted by Gasteiger charge is 2.40. The Morgan fingerprint density at radius 3 is 2.72 bits per heavy atom. The SMILES string of the molecule is CCC(N)c1csc(COCC(F)(F)C(F)F)n1. The molecule has 1 rings (SSSR count). The van der Waals surface area contributed by atoms with Crippen LogP contribution in [0.1, 0.15) is 30.1 Å². The molecule has 1 heterocycles. The van der Waals surface area contributed by atoms with Crippen molar-refractivity contribution in [1.29, 1.82) is 0 Å². The van der Waals surface area contributed by atoms with E-state index in [0.29, 0.717) is 17.1 Å². The van der Waals surface area contributed by atoms with Crippen LogP contribution in [0.15, 0.2) is 5.38 Å². The van der Waals surface area contributed by atoms with Crippen molar-refractivity contribution in [2.45, 2.75) is 38.3 Å². The quantitative estimate of drug-likeness (QED) is 0.784. The molecular formula is C10H14F4N2OS. The molecule has 0 radical (unpaired) electrons. The van der Waals surface area contributed by atoms with Crippen LogP contribution < -0.4 is 5.73 Å². The summed E-state index contributed by atoms with van der Waals surface area (Å²) in [5, 5.41) is 2.15. The van der Waals surface area contributed by atoms with E-state index >= 15 is 0 Å². The van der Waals surface area contributed by atoms with Gasteiger partial charge >= 0.3 is 12.3 Å². The summed E-state index contributed by atoms with van der Waals surface area (Å²) in [5.41, 5.74) is 6.38. The van der Waals surface area contributed by atoms with Gasteiger partial charge in [0.2, 0.25) is 0 Å². The smallest absolute Gasteiger partial charge is 0.330 e. The zero-order valence-corrected chi connectivity index (χ0v) is 10.5. The number of hydrogen-bond acceptors (Lipinski definition) is 4. The number of aromatic nitrogens is 1. The van der Waals surface area contributed by atoms with Gasteiger partial charge in [0.1, 0.15) is 11.6 Å². The van der Waals surface area contributed by atoms with Gasteiger partial charge in [0.15, 0.2) is 0 Å². The minimum absolute atomic E-state index is 0.211. The van der Waals surface area contributed by atoms with Gasteiger partial charge in [-0.15, -0.1) is 11.3 Å². The van der Waals surface area contributed by atoms with E-state index < -0.39 is 19.0 Å². The second kappa shape index (κ2) is 6.44. The number of halogens is 4. The van der Waals surface area contributed by atoms with Gasteiger partial charge in [-0.2, -0.15) is 8.78 Å². The number of nitrogens with zero attached hydrogens (tertiary/aromatic N) is 1. The molecule has 0 spiro atoms. The van der Waals surface area contributed by atoms with Gasteiger partial charge in [-0.3, -0.25) is 0 Å². The van der Waals surface area contributed by atoms with E-state index in [1.54, 1.807) is 5.38 Å². The lowest BCUT2D eigenvalue weighted by Gasteiger charge is -2.14. The summed E-state index contributed by atoms with van der Waals surface area (Å²) in [6, 6.07) is -0.211. The number of ether oxygens (including phenoxy) is 1. The van der Waals surface area contributed by atoms with E-state index in [2.05, 4.69) is 9.72 Å². The molecule has 0 fully saturated rings. The minimum atomic E-state index is -4.13. The lowest BCUT2D eigenvalue weighted by atomic mass is 10.2. The highest BCUT2D eigenvalue weighted by atomic mass is 32.1. The Labute approximate surface area is 106 Å². The lowest BCUT2D eigenvalue weighted by molar-refractivity contribution is -0.168. The van der Waals surface area contributed by atoms with Crippen LogP contribution in [0.5, 0.6) is 0 Å². The van der Waals surface area contributed by atoms with Gasteiger partial charge in [0, 0.05) is 11.4 Å². The molecular weight excluding hydrogens is 272 g/mol. The van der Waals surface area contributed by atoms with Gasteiger partial charge in [-0.25, -0.2) is 13.8 Å². The number of alkyl halides is 4. The second-order valence-corrected chi connectivity index (χ2v) is 4.68. The third kappa shape index (κ3) is 4.18. The van der Waals surface area contributed by atoms with E-state index in [4.69, 9.17) is 5.73 Å². The summed E-state index contributed by atoms with van der Waals surface area (Å²) in [6.45, 7) is 0.353. The van der Waals surface area contributed by atoms with Crippen LogP contribution in [0.4, 0.5) is 17.6 Å². The Morgan fingerprint density at radius 1 is 1.50 bits per heavy atom. The fraction of sp³-hybridized carbons (Fsp3) is 0.700. The van der Waals surface area contributed by atoms with Crippen LogP contribution in [0.2, 0.25) is 0 Å². The standard InChI is InChI=1S/C10H14F4N2OS/c1-2-6(15)7-4-18-8(16-7)3-17-5-10(13,14)9(11)12/h4,6,9H,2-3,5,15H2,1H3. The van der Waals surface area contributed by atoms with E-state index in [0.717, 1.165) is 0 Å².